The van der Waals surface area contributed by atoms with Crippen LogP contribution in [0.1, 0.15) is 41.6 Å². The number of nitriles is 1. The van der Waals surface area contributed by atoms with Crippen LogP contribution in [0.2, 0.25) is 0 Å². The van der Waals surface area contributed by atoms with Crippen molar-refractivity contribution in [2.24, 2.45) is 5.73 Å². The van der Waals surface area contributed by atoms with Gasteiger partial charge in [-0.3, -0.25) is 9.59 Å². The maximum atomic E-state index is 13.0. The number of nitrogens with one attached hydrogen (secondary N) is 1. The first kappa shape index (κ1) is 21.2. The molecule has 3 N–H and O–H groups in total. The van der Waals surface area contributed by atoms with Crippen LogP contribution in [-0.4, -0.2) is 67.0 Å². The smallest absolute Gasteiger partial charge is 0.259 e. The molecule has 0 spiro atoms. The molecular formula is C19H25N5O4S. The Morgan fingerprint density at radius 2 is 1.76 bits per heavy atom. The number of carbonyl (C=O) groups excluding carboxylic acids is 2. The topological polar surface area (TPSA) is 137 Å². The lowest BCUT2D eigenvalue weighted by molar-refractivity contribution is -0.128. The number of benzene rings is 1. The Bertz CT molecular complexity index is 917. The summed E-state index contributed by atoms with van der Waals surface area (Å²) in [5.41, 5.74) is 6.60. The van der Waals surface area contributed by atoms with Crippen molar-refractivity contribution in [3.63, 3.8) is 0 Å². The number of hydrogen-bond donors (Lipinski definition) is 2. The number of carbonyl (C=O) groups is 2. The van der Waals surface area contributed by atoms with Crippen LogP contribution in [-0.2, 0) is 14.8 Å². The van der Waals surface area contributed by atoms with Crippen molar-refractivity contribution in [1.29, 1.82) is 5.26 Å². The average molecular weight is 420 g/mol. The van der Waals surface area contributed by atoms with Gasteiger partial charge in [-0.25, -0.2) is 8.42 Å². The van der Waals surface area contributed by atoms with E-state index in [4.69, 9.17) is 11.0 Å². The van der Waals surface area contributed by atoms with E-state index in [0.717, 1.165) is 36.2 Å². The molecule has 1 aliphatic heterocycles. The van der Waals surface area contributed by atoms with Crippen molar-refractivity contribution in [2.75, 3.05) is 19.3 Å². The molecule has 1 saturated carbocycles. The SMILES string of the molecule is CS(=O)(=O)N1CCN(C(=O)c2ccc(C#N)cc2)C1C(=O)NC1CCC(N)CC1. The fraction of sp³-hybridized carbons (Fsp3) is 0.526. The second-order valence-electron chi connectivity index (χ2n) is 7.56. The minimum Gasteiger partial charge on any atom is -0.350 e. The summed E-state index contributed by atoms with van der Waals surface area (Å²) in [4.78, 5) is 27.3. The molecular weight excluding hydrogens is 394 g/mol. The summed E-state index contributed by atoms with van der Waals surface area (Å²) in [5, 5.41) is 11.8. The van der Waals surface area contributed by atoms with Gasteiger partial charge in [-0.05, 0) is 49.9 Å². The quantitative estimate of drug-likeness (QED) is 0.704. The molecule has 1 aliphatic carbocycles. The number of sulfonamides is 1. The van der Waals surface area contributed by atoms with E-state index in [9.17, 15) is 18.0 Å². The summed E-state index contributed by atoms with van der Waals surface area (Å²) >= 11 is 0. The van der Waals surface area contributed by atoms with Gasteiger partial charge in [0.05, 0.1) is 17.9 Å². The number of nitrogens with zero attached hydrogens (tertiary/aromatic N) is 3. The molecule has 29 heavy (non-hydrogen) atoms. The molecule has 1 atom stereocenters. The predicted octanol–water partition coefficient (Wildman–Crippen LogP) is -0.0121. The van der Waals surface area contributed by atoms with E-state index in [1.54, 1.807) is 0 Å². The average Bonchev–Trinajstić information content (AvgIpc) is 3.15. The Hall–Kier alpha value is -2.48. The summed E-state index contributed by atoms with van der Waals surface area (Å²) in [6, 6.07) is 8.04. The monoisotopic (exact) mass is 419 g/mol. The van der Waals surface area contributed by atoms with Gasteiger partial charge in [-0.1, -0.05) is 0 Å². The zero-order valence-corrected chi connectivity index (χ0v) is 17.1. The molecule has 1 saturated heterocycles. The fourth-order valence-electron chi connectivity index (χ4n) is 3.83. The van der Waals surface area contributed by atoms with E-state index in [-0.39, 0.29) is 25.2 Å². The predicted molar refractivity (Wildman–Crippen MR) is 106 cm³/mol. The first-order valence-corrected chi connectivity index (χ1v) is 11.4. The van der Waals surface area contributed by atoms with E-state index in [0.29, 0.717) is 11.1 Å². The summed E-state index contributed by atoms with van der Waals surface area (Å²) in [7, 11) is -3.69. The lowest BCUT2D eigenvalue weighted by Crippen LogP contribution is -2.55. The van der Waals surface area contributed by atoms with Crippen LogP contribution in [0.3, 0.4) is 0 Å². The minimum atomic E-state index is -3.69. The first-order valence-electron chi connectivity index (χ1n) is 9.54. The molecule has 10 heteroatoms. The normalized spacial score (nSPS) is 25.4. The van der Waals surface area contributed by atoms with Crippen LogP contribution in [0.25, 0.3) is 0 Å². The third-order valence-electron chi connectivity index (χ3n) is 5.43. The minimum absolute atomic E-state index is 0.0501. The highest BCUT2D eigenvalue weighted by Crippen LogP contribution is 2.23. The molecule has 3 rings (SSSR count). The molecule has 0 aromatic heterocycles. The van der Waals surface area contributed by atoms with E-state index in [1.807, 2.05) is 6.07 Å². The zero-order chi connectivity index (χ0) is 21.2. The van der Waals surface area contributed by atoms with E-state index in [1.165, 1.54) is 29.2 Å². The van der Waals surface area contributed by atoms with Crippen molar-refractivity contribution in [1.82, 2.24) is 14.5 Å². The molecule has 1 heterocycles. The molecule has 9 nitrogen and oxygen atoms in total. The van der Waals surface area contributed by atoms with Crippen molar-refractivity contribution >= 4 is 21.8 Å². The largest absolute Gasteiger partial charge is 0.350 e. The number of rotatable bonds is 4. The van der Waals surface area contributed by atoms with Crippen LogP contribution in [0, 0.1) is 11.3 Å². The highest BCUT2D eigenvalue weighted by molar-refractivity contribution is 7.88. The fourth-order valence-corrected chi connectivity index (χ4v) is 4.82. The second-order valence-corrected chi connectivity index (χ2v) is 9.49. The van der Waals surface area contributed by atoms with Gasteiger partial charge in [-0.15, -0.1) is 0 Å². The van der Waals surface area contributed by atoms with Gasteiger partial charge in [0.25, 0.3) is 11.8 Å². The van der Waals surface area contributed by atoms with Crippen molar-refractivity contribution in [3.8, 4) is 6.07 Å². The van der Waals surface area contributed by atoms with Crippen molar-refractivity contribution in [2.45, 2.75) is 43.9 Å². The van der Waals surface area contributed by atoms with E-state index < -0.39 is 28.0 Å². The maximum absolute atomic E-state index is 13.0. The number of hydrogen-bond acceptors (Lipinski definition) is 6. The van der Waals surface area contributed by atoms with E-state index >= 15 is 0 Å². The van der Waals surface area contributed by atoms with Crippen molar-refractivity contribution in [3.05, 3.63) is 35.4 Å². The van der Waals surface area contributed by atoms with Gasteiger partial charge < -0.3 is 16.0 Å². The molecule has 1 aromatic carbocycles. The Morgan fingerprint density at radius 1 is 1.14 bits per heavy atom. The Kier molecular flexibility index (Phi) is 6.21. The lowest BCUT2D eigenvalue weighted by atomic mass is 9.92. The molecule has 2 aliphatic rings. The van der Waals surface area contributed by atoms with Crippen LogP contribution >= 0.6 is 0 Å². The molecule has 0 radical (unpaired) electrons. The van der Waals surface area contributed by atoms with Crippen LogP contribution in [0.15, 0.2) is 24.3 Å². The standard InChI is InChI=1S/C19H25N5O4S/c1-29(27,28)24-11-10-23(19(26)14-4-2-13(12-20)3-5-14)18(24)17(25)22-16-8-6-15(21)7-9-16/h2-5,15-16,18H,6-11,21H2,1H3,(H,22,25). The zero-order valence-electron chi connectivity index (χ0n) is 16.2. The number of nitrogens with two attached hydrogens (primary N) is 1. The Labute approximate surface area is 170 Å². The van der Waals surface area contributed by atoms with Crippen LogP contribution in [0.4, 0.5) is 0 Å². The molecule has 156 valence electrons. The van der Waals surface area contributed by atoms with Crippen LogP contribution < -0.4 is 11.1 Å². The van der Waals surface area contributed by atoms with Gasteiger partial charge in [0.1, 0.15) is 0 Å². The first-order chi connectivity index (χ1) is 13.7. The lowest BCUT2D eigenvalue weighted by Gasteiger charge is -2.32. The third kappa shape index (κ3) is 4.75. The van der Waals surface area contributed by atoms with Gasteiger partial charge >= 0.3 is 0 Å². The summed E-state index contributed by atoms with van der Waals surface area (Å²) in [5.74, 6) is -0.957. The Balaban J connectivity index is 1.82. The highest BCUT2D eigenvalue weighted by atomic mass is 32.2. The number of amides is 2. The highest BCUT2D eigenvalue weighted by Gasteiger charge is 2.45. The van der Waals surface area contributed by atoms with Gasteiger partial charge in [0.15, 0.2) is 6.17 Å². The van der Waals surface area contributed by atoms with Gasteiger partial charge in [0.2, 0.25) is 10.0 Å². The summed E-state index contributed by atoms with van der Waals surface area (Å²) in [6.45, 7) is 0.161. The van der Waals surface area contributed by atoms with Crippen molar-refractivity contribution < 1.29 is 18.0 Å². The second kappa shape index (κ2) is 8.49. The molecule has 0 bridgehead atoms. The van der Waals surface area contributed by atoms with E-state index in [2.05, 4.69) is 5.32 Å². The third-order valence-corrected chi connectivity index (χ3v) is 6.66. The summed E-state index contributed by atoms with van der Waals surface area (Å²) < 4.78 is 25.5. The molecule has 2 fully saturated rings. The van der Waals surface area contributed by atoms with Gasteiger partial charge in [-0.2, -0.15) is 9.57 Å². The van der Waals surface area contributed by atoms with Crippen LogP contribution in [0.5, 0.6) is 0 Å². The molecule has 1 aromatic rings. The molecule has 2 amide bonds. The van der Waals surface area contributed by atoms with Gasteiger partial charge in [0, 0.05) is 30.7 Å². The molecule has 1 unspecified atom stereocenters. The summed E-state index contributed by atoms with van der Waals surface area (Å²) in [6.07, 6.45) is 2.83. The maximum Gasteiger partial charge on any atom is 0.259 e. The Morgan fingerprint density at radius 3 is 2.31 bits per heavy atom.